The summed E-state index contributed by atoms with van der Waals surface area (Å²) in [6.45, 7) is 1.90. The number of aryl methyl sites for hydroxylation is 1. The Bertz CT molecular complexity index is 261. The maximum atomic E-state index is 9.79. The Morgan fingerprint density at radius 3 is 2.75 bits per heavy atom. The van der Waals surface area contributed by atoms with E-state index in [4.69, 9.17) is 4.42 Å². The van der Waals surface area contributed by atoms with Crippen LogP contribution >= 0.6 is 0 Å². The minimum Gasteiger partial charge on any atom is -0.469 e. The van der Waals surface area contributed by atoms with Crippen molar-refractivity contribution in [3.8, 4) is 0 Å². The highest BCUT2D eigenvalue weighted by Crippen LogP contribution is 2.37. The summed E-state index contributed by atoms with van der Waals surface area (Å²) in [6, 6.07) is 1.92. The zero-order valence-corrected chi connectivity index (χ0v) is 7.29. The van der Waals surface area contributed by atoms with Crippen LogP contribution in [-0.2, 0) is 0 Å². The first-order chi connectivity index (χ1) is 5.77. The Labute approximate surface area is 72.2 Å². The predicted molar refractivity (Wildman–Crippen MR) is 45.7 cm³/mol. The zero-order chi connectivity index (χ0) is 8.55. The standard InChI is InChI=1S/C10H14O2/c1-7-5-9(6-12-7)10(11)8-3-2-4-8/h5-6,8,10-11H,2-4H2,1H3. The van der Waals surface area contributed by atoms with E-state index in [0.717, 1.165) is 24.2 Å². The highest BCUT2D eigenvalue weighted by Gasteiger charge is 2.27. The number of aliphatic hydroxyl groups excluding tert-OH is 1. The van der Waals surface area contributed by atoms with E-state index in [1.807, 2.05) is 13.0 Å². The normalized spacial score (nSPS) is 20.5. The van der Waals surface area contributed by atoms with Crippen molar-refractivity contribution in [3.05, 3.63) is 23.7 Å². The summed E-state index contributed by atoms with van der Waals surface area (Å²) in [5.41, 5.74) is 0.942. The van der Waals surface area contributed by atoms with Crippen molar-refractivity contribution >= 4 is 0 Å². The van der Waals surface area contributed by atoms with Gasteiger partial charge in [0.25, 0.3) is 0 Å². The number of hydrogen-bond donors (Lipinski definition) is 1. The molecule has 2 nitrogen and oxygen atoms in total. The molecule has 1 aromatic rings. The van der Waals surface area contributed by atoms with Gasteiger partial charge in [-0.15, -0.1) is 0 Å². The van der Waals surface area contributed by atoms with Gasteiger partial charge >= 0.3 is 0 Å². The van der Waals surface area contributed by atoms with E-state index in [2.05, 4.69) is 0 Å². The first kappa shape index (κ1) is 7.87. The summed E-state index contributed by atoms with van der Waals surface area (Å²) in [5, 5.41) is 9.79. The quantitative estimate of drug-likeness (QED) is 0.732. The van der Waals surface area contributed by atoms with Crippen LogP contribution in [0, 0.1) is 12.8 Å². The van der Waals surface area contributed by atoms with Crippen LogP contribution in [0.2, 0.25) is 0 Å². The molecule has 12 heavy (non-hydrogen) atoms. The molecule has 66 valence electrons. The van der Waals surface area contributed by atoms with Crippen molar-refractivity contribution in [2.75, 3.05) is 0 Å². The average Bonchev–Trinajstić information content (AvgIpc) is 2.31. The van der Waals surface area contributed by atoms with Gasteiger partial charge < -0.3 is 9.52 Å². The molecule has 0 saturated heterocycles. The molecule has 0 bridgehead atoms. The Hall–Kier alpha value is -0.760. The number of furan rings is 1. The number of rotatable bonds is 2. The van der Waals surface area contributed by atoms with Crippen molar-refractivity contribution in [2.24, 2.45) is 5.92 Å². The van der Waals surface area contributed by atoms with Crippen molar-refractivity contribution in [1.29, 1.82) is 0 Å². The maximum absolute atomic E-state index is 9.79. The molecule has 0 amide bonds. The molecule has 1 aliphatic carbocycles. The predicted octanol–water partition coefficient (Wildman–Crippen LogP) is 2.42. The summed E-state index contributed by atoms with van der Waals surface area (Å²) >= 11 is 0. The van der Waals surface area contributed by atoms with E-state index >= 15 is 0 Å². The van der Waals surface area contributed by atoms with E-state index in [1.54, 1.807) is 6.26 Å². The number of hydrogen-bond acceptors (Lipinski definition) is 2. The molecule has 1 unspecified atom stereocenters. The van der Waals surface area contributed by atoms with Crippen molar-refractivity contribution in [3.63, 3.8) is 0 Å². The van der Waals surface area contributed by atoms with Crippen molar-refractivity contribution in [2.45, 2.75) is 32.3 Å². The third-order valence-corrected chi connectivity index (χ3v) is 2.69. The van der Waals surface area contributed by atoms with E-state index in [0.29, 0.717) is 5.92 Å². The molecule has 1 aliphatic rings. The maximum Gasteiger partial charge on any atom is 0.101 e. The van der Waals surface area contributed by atoms with Gasteiger partial charge in [-0.3, -0.25) is 0 Å². The van der Waals surface area contributed by atoms with Crippen LogP contribution in [0.4, 0.5) is 0 Å². The second-order valence-corrected chi connectivity index (χ2v) is 3.63. The lowest BCUT2D eigenvalue weighted by molar-refractivity contribution is 0.0616. The largest absolute Gasteiger partial charge is 0.469 e. The highest BCUT2D eigenvalue weighted by molar-refractivity contribution is 5.15. The van der Waals surface area contributed by atoms with Gasteiger partial charge in [0, 0.05) is 5.56 Å². The lowest BCUT2D eigenvalue weighted by atomic mass is 9.79. The molecule has 1 heterocycles. The smallest absolute Gasteiger partial charge is 0.101 e. The summed E-state index contributed by atoms with van der Waals surface area (Å²) in [4.78, 5) is 0. The van der Waals surface area contributed by atoms with Crippen LogP contribution in [0.15, 0.2) is 16.7 Å². The van der Waals surface area contributed by atoms with Gasteiger partial charge in [0.2, 0.25) is 0 Å². The molecule has 1 saturated carbocycles. The molecule has 0 aliphatic heterocycles. The Kier molecular flexibility index (Phi) is 1.93. The SMILES string of the molecule is Cc1cc(C(O)C2CCC2)co1. The van der Waals surface area contributed by atoms with E-state index in [-0.39, 0.29) is 6.10 Å². The molecule has 0 aromatic carbocycles. The topological polar surface area (TPSA) is 33.4 Å². The first-order valence-corrected chi connectivity index (χ1v) is 4.50. The van der Waals surface area contributed by atoms with Crippen LogP contribution in [-0.4, -0.2) is 5.11 Å². The fraction of sp³-hybridized carbons (Fsp3) is 0.600. The fourth-order valence-corrected chi connectivity index (χ4v) is 1.65. The molecule has 2 heteroatoms. The Morgan fingerprint density at radius 1 is 1.58 bits per heavy atom. The Balaban J connectivity index is 2.08. The molecular formula is C10H14O2. The average molecular weight is 166 g/mol. The molecule has 1 N–H and O–H groups in total. The lowest BCUT2D eigenvalue weighted by Gasteiger charge is -2.29. The molecule has 0 spiro atoms. The summed E-state index contributed by atoms with van der Waals surface area (Å²) in [5.74, 6) is 1.35. The van der Waals surface area contributed by atoms with Crippen LogP contribution in [0.1, 0.15) is 36.7 Å². The van der Waals surface area contributed by atoms with Gasteiger partial charge in [0.1, 0.15) is 5.76 Å². The van der Waals surface area contributed by atoms with Crippen LogP contribution in [0.5, 0.6) is 0 Å². The lowest BCUT2D eigenvalue weighted by Crippen LogP contribution is -2.19. The molecule has 0 radical (unpaired) electrons. The van der Waals surface area contributed by atoms with Crippen LogP contribution in [0.3, 0.4) is 0 Å². The molecule has 1 atom stereocenters. The van der Waals surface area contributed by atoms with Gasteiger partial charge in [0.05, 0.1) is 12.4 Å². The molecule has 2 rings (SSSR count). The van der Waals surface area contributed by atoms with Gasteiger partial charge in [-0.05, 0) is 31.7 Å². The minimum atomic E-state index is -0.295. The second-order valence-electron chi connectivity index (χ2n) is 3.63. The van der Waals surface area contributed by atoms with Crippen molar-refractivity contribution < 1.29 is 9.52 Å². The van der Waals surface area contributed by atoms with E-state index in [1.165, 1.54) is 6.42 Å². The van der Waals surface area contributed by atoms with Gasteiger partial charge in [-0.25, -0.2) is 0 Å². The van der Waals surface area contributed by atoms with Gasteiger partial charge in [-0.2, -0.15) is 0 Å². The minimum absolute atomic E-state index is 0.295. The zero-order valence-electron chi connectivity index (χ0n) is 7.29. The monoisotopic (exact) mass is 166 g/mol. The molecule has 1 fully saturated rings. The second kappa shape index (κ2) is 2.94. The van der Waals surface area contributed by atoms with Gasteiger partial charge in [-0.1, -0.05) is 6.42 Å². The third-order valence-electron chi connectivity index (χ3n) is 2.69. The summed E-state index contributed by atoms with van der Waals surface area (Å²) in [6.07, 6.45) is 4.95. The van der Waals surface area contributed by atoms with Crippen LogP contribution in [0.25, 0.3) is 0 Å². The molecular weight excluding hydrogens is 152 g/mol. The van der Waals surface area contributed by atoms with E-state index < -0.39 is 0 Å². The Morgan fingerprint density at radius 2 is 2.33 bits per heavy atom. The van der Waals surface area contributed by atoms with E-state index in [9.17, 15) is 5.11 Å². The fourth-order valence-electron chi connectivity index (χ4n) is 1.65. The summed E-state index contributed by atoms with van der Waals surface area (Å²) < 4.78 is 5.14. The number of aliphatic hydroxyl groups is 1. The third kappa shape index (κ3) is 1.27. The molecule has 1 aromatic heterocycles. The highest BCUT2D eigenvalue weighted by atomic mass is 16.3. The first-order valence-electron chi connectivity index (χ1n) is 4.50. The summed E-state index contributed by atoms with van der Waals surface area (Å²) in [7, 11) is 0. The van der Waals surface area contributed by atoms with Crippen molar-refractivity contribution in [1.82, 2.24) is 0 Å². The van der Waals surface area contributed by atoms with Gasteiger partial charge in [0.15, 0.2) is 0 Å². The van der Waals surface area contributed by atoms with Crippen LogP contribution < -0.4 is 0 Å².